The smallest absolute Gasteiger partial charge is 0.201 e. The van der Waals surface area contributed by atoms with E-state index in [0.29, 0.717) is 11.1 Å². The average molecular weight is 808 g/mol. The van der Waals surface area contributed by atoms with Crippen molar-refractivity contribution in [3.05, 3.63) is 211 Å². The maximum absolute atomic E-state index is 9.80. The van der Waals surface area contributed by atoms with E-state index < -0.39 is 8.07 Å². The molecule has 12 aromatic rings. The van der Waals surface area contributed by atoms with Crippen LogP contribution in [0.4, 0.5) is 0 Å². The molecule has 0 aliphatic heterocycles. The number of rotatable bonds is 6. The van der Waals surface area contributed by atoms with Gasteiger partial charge < -0.3 is 13.6 Å². The lowest BCUT2D eigenvalue weighted by molar-refractivity contribution is 0.669. The summed E-state index contributed by atoms with van der Waals surface area (Å²) in [5.41, 5.74) is 9.15. The molecule has 8 aromatic carbocycles. The van der Waals surface area contributed by atoms with Crippen LogP contribution in [0, 0.1) is 22.7 Å². The van der Waals surface area contributed by atoms with Crippen LogP contribution in [0.1, 0.15) is 11.1 Å². The normalized spacial score (nSPS) is 12.6. The molecule has 0 aliphatic rings. The second kappa shape index (κ2) is 13.8. The zero-order chi connectivity index (χ0) is 41.4. The van der Waals surface area contributed by atoms with Gasteiger partial charge in [-0.15, -0.1) is 0 Å². The molecule has 12 rings (SSSR count). The van der Waals surface area contributed by atoms with E-state index in [1.54, 1.807) is 0 Å². The number of aromatic nitrogens is 3. The zero-order valence-electron chi connectivity index (χ0n) is 33.2. The molecule has 0 saturated carbocycles. The van der Waals surface area contributed by atoms with E-state index in [-0.39, 0.29) is 0 Å². The third kappa shape index (κ3) is 5.16. The molecule has 6 nitrogen and oxygen atoms in total. The van der Waals surface area contributed by atoms with Crippen LogP contribution < -0.4 is 20.9 Å². The van der Waals surface area contributed by atoms with E-state index in [0.717, 1.165) is 76.9 Å². The Hall–Kier alpha value is -8.49. The molecule has 62 heavy (non-hydrogen) atoms. The first-order valence-corrected chi connectivity index (χ1v) is 22.6. The van der Waals surface area contributed by atoms with Gasteiger partial charge >= 0.3 is 0 Å². The quantitative estimate of drug-likeness (QED) is 0.124. The van der Waals surface area contributed by atoms with Gasteiger partial charge in [0.05, 0.1) is 45.3 Å². The Bertz CT molecular complexity index is 3720. The monoisotopic (exact) mass is 807 g/mol. The molecular formula is C55H33N5OSi. The highest BCUT2D eigenvalue weighted by Crippen LogP contribution is 2.38. The summed E-state index contributed by atoms with van der Waals surface area (Å²) in [7, 11) is -3.11. The molecule has 0 aliphatic carbocycles. The van der Waals surface area contributed by atoms with Crippen molar-refractivity contribution >= 4 is 94.5 Å². The summed E-state index contributed by atoms with van der Waals surface area (Å²) in [6.45, 7) is 0. The Morgan fingerprint density at radius 1 is 0.403 bits per heavy atom. The minimum absolute atomic E-state index is 0.578. The van der Waals surface area contributed by atoms with Gasteiger partial charge in [0.25, 0.3) is 0 Å². The number of hydrogen-bond donors (Lipinski definition) is 0. The predicted molar refractivity (Wildman–Crippen MR) is 253 cm³/mol. The molecule has 0 amide bonds. The Labute approximate surface area is 357 Å². The van der Waals surface area contributed by atoms with Gasteiger partial charge in [0, 0.05) is 55.2 Å². The van der Waals surface area contributed by atoms with Crippen LogP contribution >= 0.6 is 0 Å². The number of hydrogen-bond acceptors (Lipinski definition) is 4. The number of nitriles is 2. The summed E-state index contributed by atoms with van der Waals surface area (Å²) < 4.78 is 11.0. The van der Waals surface area contributed by atoms with Crippen molar-refractivity contribution in [2.75, 3.05) is 0 Å². The van der Waals surface area contributed by atoms with Crippen LogP contribution in [0.5, 0.6) is 0 Å². The Morgan fingerprint density at radius 3 is 1.74 bits per heavy atom. The van der Waals surface area contributed by atoms with Gasteiger partial charge in [-0.3, -0.25) is 4.98 Å². The van der Waals surface area contributed by atoms with Gasteiger partial charge in [-0.2, -0.15) is 10.5 Å². The molecule has 1 unspecified atom stereocenters. The Morgan fingerprint density at radius 2 is 1.02 bits per heavy atom. The average Bonchev–Trinajstić information content (AvgIpc) is 3.98. The number of furan rings is 1. The summed E-state index contributed by atoms with van der Waals surface area (Å²) in [5.74, 6) is 0. The lowest BCUT2D eigenvalue weighted by atomic mass is 10.1. The molecular weight excluding hydrogens is 775 g/mol. The fraction of sp³-hybridized carbons (Fsp3) is 0. The zero-order valence-corrected chi connectivity index (χ0v) is 34.2. The molecule has 1 atom stereocenters. The van der Waals surface area contributed by atoms with E-state index in [4.69, 9.17) is 9.40 Å². The largest absolute Gasteiger partial charge is 0.456 e. The van der Waals surface area contributed by atoms with Crippen LogP contribution in [-0.4, -0.2) is 22.2 Å². The number of para-hydroxylation sites is 2. The van der Waals surface area contributed by atoms with Crippen LogP contribution in [0.2, 0.25) is 0 Å². The highest BCUT2D eigenvalue weighted by Gasteiger charge is 2.43. The first-order valence-electron chi connectivity index (χ1n) is 20.6. The molecule has 0 fully saturated rings. The summed E-state index contributed by atoms with van der Waals surface area (Å²) in [4.78, 5) is 5.20. The molecule has 288 valence electrons. The van der Waals surface area contributed by atoms with E-state index in [1.165, 1.54) is 20.9 Å². The standard InChI is InChI=1S/C55H33N5OSi/c56-34-36-20-26-50-45(29-36)46-30-37(35-57)21-27-51(46)59(50)38-22-24-41(25-23-38)62(40-12-2-1-3-13-40,55-19-8-9-28-58-55)42-14-10-11-39(31-42)60-49-17-6-4-15-43(49)47-33-54-48(32-52(47)60)44-16-5-7-18-53(44)61-54/h1-33H. The van der Waals surface area contributed by atoms with Gasteiger partial charge in [-0.1, -0.05) is 97.1 Å². The third-order valence-corrected chi connectivity index (χ3v) is 17.2. The van der Waals surface area contributed by atoms with Crippen LogP contribution in [0.3, 0.4) is 0 Å². The SMILES string of the molecule is N#Cc1ccc2c(c1)c1cc(C#N)ccc1n2-c1ccc([Si](c2ccccc2)(c2cccc(-n3c4ccccc4c4cc5oc6ccccc6c5cc43)c2)c2ccccn2)cc1. The van der Waals surface area contributed by atoms with Gasteiger partial charge in [-0.05, 0) is 113 Å². The number of benzene rings is 8. The van der Waals surface area contributed by atoms with Gasteiger partial charge in [-0.25, -0.2) is 0 Å². The minimum Gasteiger partial charge on any atom is -0.456 e. The summed E-state index contributed by atoms with van der Waals surface area (Å²) in [5, 5.41) is 30.6. The molecule has 0 bridgehead atoms. The molecule has 0 saturated heterocycles. The highest BCUT2D eigenvalue weighted by molar-refractivity contribution is 7.19. The van der Waals surface area contributed by atoms with E-state index in [9.17, 15) is 10.5 Å². The molecule has 4 aromatic heterocycles. The Kier molecular flexibility index (Phi) is 7.88. The first-order chi connectivity index (χ1) is 30.6. The van der Waals surface area contributed by atoms with E-state index in [1.807, 2.05) is 60.8 Å². The van der Waals surface area contributed by atoms with Crippen molar-refractivity contribution in [1.82, 2.24) is 14.1 Å². The molecule has 0 radical (unpaired) electrons. The van der Waals surface area contributed by atoms with Crippen molar-refractivity contribution < 1.29 is 4.42 Å². The Balaban J connectivity index is 1.10. The molecule has 0 N–H and O–H groups in total. The summed E-state index contributed by atoms with van der Waals surface area (Å²) >= 11 is 0. The fourth-order valence-corrected chi connectivity index (χ4v) is 14.4. The van der Waals surface area contributed by atoms with Crippen molar-refractivity contribution in [3.63, 3.8) is 0 Å². The number of pyridine rings is 1. The summed E-state index contributed by atoms with van der Waals surface area (Å²) in [6, 6.07) is 72.7. The van der Waals surface area contributed by atoms with Crippen molar-refractivity contribution in [2.45, 2.75) is 0 Å². The molecule has 4 heterocycles. The minimum atomic E-state index is -3.11. The topological polar surface area (TPSA) is 83.5 Å². The van der Waals surface area contributed by atoms with E-state index >= 15 is 0 Å². The maximum atomic E-state index is 9.80. The fourth-order valence-electron chi connectivity index (χ4n) is 9.86. The second-order valence-electron chi connectivity index (χ2n) is 15.8. The van der Waals surface area contributed by atoms with Crippen LogP contribution in [-0.2, 0) is 0 Å². The van der Waals surface area contributed by atoms with Crippen molar-refractivity contribution in [2.24, 2.45) is 0 Å². The van der Waals surface area contributed by atoms with Gasteiger partial charge in [0.2, 0.25) is 8.07 Å². The first kappa shape index (κ1) is 35.5. The van der Waals surface area contributed by atoms with Gasteiger partial charge in [0.15, 0.2) is 0 Å². The summed E-state index contributed by atoms with van der Waals surface area (Å²) in [6.07, 6.45) is 1.91. The van der Waals surface area contributed by atoms with Gasteiger partial charge in [0.1, 0.15) is 11.2 Å². The van der Waals surface area contributed by atoms with Crippen LogP contribution in [0.25, 0.3) is 76.9 Å². The second-order valence-corrected chi connectivity index (χ2v) is 19.5. The predicted octanol–water partition coefficient (Wildman–Crippen LogP) is 10.3. The van der Waals surface area contributed by atoms with E-state index in [2.05, 4.69) is 161 Å². The molecule has 7 heteroatoms. The lowest BCUT2D eigenvalue weighted by Gasteiger charge is -2.33. The number of nitrogens with zero attached hydrogens (tertiary/aromatic N) is 5. The molecule has 0 spiro atoms. The maximum Gasteiger partial charge on any atom is 0.201 e. The third-order valence-electron chi connectivity index (χ3n) is 12.5. The number of fused-ring (bicyclic) bond motifs is 9. The van der Waals surface area contributed by atoms with Crippen molar-refractivity contribution in [1.29, 1.82) is 10.5 Å². The van der Waals surface area contributed by atoms with Crippen molar-refractivity contribution in [3.8, 4) is 23.5 Å². The highest BCUT2D eigenvalue weighted by atomic mass is 28.3. The van der Waals surface area contributed by atoms with Crippen LogP contribution in [0.15, 0.2) is 205 Å². The lowest BCUT2D eigenvalue weighted by Crippen LogP contribution is -2.75.